The number of rotatable bonds is 4. The first kappa shape index (κ1) is 13.7. The number of aromatic nitrogens is 2. The number of nitrogens with one attached hydrogen (secondary N) is 1. The van der Waals surface area contributed by atoms with Crippen LogP contribution in [-0.4, -0.2) is 38.8 Å². The van der Waals surface area contributed by atoms with Crippen LogP contribution in [0.25, 0.3) is 0 Å². The third-order valence-corrected chi connectivity index (χ3v) is 4.33. The predicted molar refractivity (Wildman–Crippen MR) is 72.3 cm³/mol. The minimum Gasteiger partial charge on any atom is -0.377 e. The van der Waals surface area contributed by atoms with Gasteiger partial charge in [-0.15, -0.1) is 0 Å². The first-order chi connectivity index (χ1) is 8.67. The molecule has 5 nitrogen and oxygen atoms in total. The van der Waals surface area contributed by atoms with Crippen molar-refractivity contribution >= 4 is 28.2 Å². The lowest BCUT2D eigenvalue weighted by Crippen LogP contribution is -2.29. The highest BCUT2D eigenvalue weighted by atomic mass is 35.5. The molecule has 0 aliphatic carbocycles. The summed E-state index contributed by atoms with van der Waals surface area (Å²) >= 11 is 5.93. The van der Waals surface area contributed by atoms with Crippen LogP contribution in [0, 0.1) is 0 Å². The van der Waals surface area contributed by atoms with E-state index in [4.69, 9.17) is 16.3 Å². The molecular weight excluding hydrogens is 274 g/mol. The molecule has 2 rings (SSSR count). The summed E-state index contributed by atoms with van der Waals surface area (Å²) in [7, 11) is 0.942. The Balaban J connectivity index is 2.02. The summed E-state index contributed by atoms with van der Waals surface area (Å²) in [4.78, 5) is 8.40. The molecule has 0 radical (unpaired) electrons. The molecule has 100 valence electrons. The van der Waals surface area contributed by atoms with Crippen molar-refractivity contribution in [1.82, 2.24) is 9.97 Å². The maximum absolute atomic E-state index is 11.3. The molecule has 1 aliphatic heterocycles. The lowest BCUT2D eigenvalue weighted by Gasteiger charge is -2.23. The third kappa shape index (κ3) is 3.90. The Kier molecular flexibility index (Phi) is 4.91. The van der Waals surface area contributed by atoms with Gasteiger partial charge in [0.15, 0.2) is 5.82 Å². The highest BCUT2D eigenvalue weighted by molar-refractivity contribution is 7.85. The zero-order chi connectivity index (χ0) is 13.0. The zero-order valence-electron chi connectivity index (χ0n) is 10.2. The quantitative estimate of drug-likeness (QED) is 0.853. The van der Waals surface area contributed by atoms with Crippen molar-refractivity contribution in [1.29, 1.82) is 0 Å². The second-order valence-electron chi connectivity index (χ2n) is 4.19. The standard InChI is InChI=1S/C11H16ClN3O2S/c1-17-7-11-14-9(12)6-10(15-11)13-8-2-4-18(16)5-3-8/h6,8H,2-5,7H2,1H3,(H,13,14,15). The fourth-order valence-electron chi connectivity index (χ4n) is 1.88. The average Bonchev–Trinajstić information content (AvgIpc) is 2.32. The fraction of sp³-hybridized carbons (Fsp3) is 0.636. The number of halogens is 1. The van der Waals surface area contributed by atoms with Gasteiger partial charge < -0.3 is 10.1 Å². The van der Waals surface area contributed by atoms with Crippen molar-refractivity contribution in [2.45, 2.75) is 25.5 Å². The van der Waals surface area contributed by atoms with E-state index >= 15 is 0 Å². The largest absolute Gasteiger partial charge is 0.377 e. The van der Waals surface area contributed by atoms with Crippen LogP contribution in [0.3, 0.4) is 0 Å². The Labute approximate surface area is 114 Å². The van der Waals surface area contributed by atoms with Crippen molar-refractivity contribution in [2.75, 3.05) is 23.9 Å². The first-order valence-corrected chi connectivity index (χ1v) is 7.68. The Morgan fingerprint density at radius 1 is 1.50 bits per heavy atom. The first-order valence-electron chi connectivity index (χ1n) is 5.81. The van der Waals surface area contributed by atoms with Gasteiger partial charge in [-0.05, 0) is 12.8 Å². The van der Waals surface area contributed by atoms with Gasteiger partial charge in [0, 0.05) is 41.5 Å². The predicted octanol–water partition coefficient (Wildman–Crippen LogP) is 1.60. The van der Waals surface area contributed by atoms with Gasteiger partial charge in [-0.2, -0.15) is 0 Å². The van der Waals surface area contributed by atoms with Crippen LogP contribution in [0.15, 0.2) is 6.07 Å². The van der Waals surface area contributed by atoms with E-state index in [2.05, 4.69) is 15.3 Å². The van der Waals surface area contributed by atoms with E-state index < -0.39 is 10.8 Å². The van der Waals surface area contributed by atoms with Gasteiger partial charge in [0.1, 0.15) is 17.6 Å². The average molecular weight is 290 g/mol. The van der Waals surface area contributed by atoms with Gasteiger partial charge >= 0.3 is 0 Å². The summed E-state index contributed by atoms with van der Waals surface area (Å²) in [6.07, 6.45) is 1.79. The molecule has 0 bridgehead atoms. The van der Waals surface area contributed by atoms with Crippen molar-refractivity contribution < 1.29 is 8.95 Å². The Morgan fingerprint density at radius 2 is 2.22 bits per heavy atom. The van der Waals surface area contributed by atoms with Gasteiger partial charge in [0.25, 0.3) is 0 Å². The molecule has 1 saturated heterocycles. The van der Waals surface area contributed by atoms with E-state index in [1.165, 1.54) is 0 Å². The van der Waals surface area contributed by atoms with Crippen LogP contribution >= 0.6 is 11.6 Å². The van der Waals surface area contributed by atoms with E-state index in [1.54, 1.807) is 13.2 Å². The number of ether oxygens (including phenoxy) is 1. The monoisotopic (exact) mass is 289 g/mol. The van der Waals surface area contributed by atoms with Crippen LogP contribution in [-0.2, 0) is 22.1 Å². The van der Waals surface area contributed by atoms with Crippen molar-refractivity contribution in [3.63, 3.8) is 0 Å². The second kappa shape index (κ2) is 6.45. The molecule has 2 heterocycles. The third-order valence-electron chi connectivity index (χ3n) is 2.75. The fourth-order valence-corrected chi connectivity index (χ4v) is 3.38. The van der Waals surface area contributed by atoms with Crippen molar-refractivity contribution in [3.8, 4) is 0 Å². The summed E-state index contributed by atoms with van der Waals surface area (Å²) in [5.74, 6) is 2.77. The Morgan fingerprint density at radius 3 is 2.89 bits per heavy atom. The van der Waals surface area contributed by atoms with Gasteiger partial charge in [-0.3, -0.25) is 4.21 Å². The molecule has 1 N–H and O–H groups in total. The van der Waals surface area contributed by atoms with Gasteiger partial charge in [-0.1, -0.05) is 11.6 Å². The summed E-state index contributed by atoms with van der Waals surface area (Å²) in [6.45, 7) is 0.337. The molecular formula is C11H16ClN3O2S. The van der Waals surface area contributed by atoms with Crippen molar-refractivity contribution in [2.24, 2.45) is 0 Å². The SMILES string of the molecule is COCc1nc(Cl)cc(NC2CCS(=O)CC2)n1. The van der Waals surface area contributed by atoms with Gasteiger partial charge in [-0.25, -0.2) is 9.97 Å². The minimum absolute atomic E-state index is 0.309. The number of nitrogens with zero attached hydrogens (tertiary/aromatic N) is 2. The molecule has 0 aromatic carbocycles. The topological polar surface area (TPSA) is 64.1 Å². The van der Waals surface area contributed by atoms with E-state index in [0.29, 0.717) is 29.4 Å². The highest BCUT2D eigenvalue weighted by Gasteiger charge is 2.18. The molecule has 0 spiro atoms. The zero-order valence-corrected chi connectivity index (χ0v) is 11.8. The maximum atomic E-state index is 11.3. The smallest absolute Gasteiger partial charge is 0.158 e. The second-order valence-corrected chi connectivity index (χ2v) is 6.28. The number of hydrogen-bond acceptors (Lipinski definition) is 5. The van der Waals surface area contributed by atoms with E-state index in [1.807, 2.05) is 0 Å². The van der Waals surface area contributed by atoms with E-state index in [9.17, 15) is 4.21 Å². The maximum Gasteiger partial charge on any atom is 0.158 e. The molecule has 1 fully saturated rings. The molecule has 0 amide bonds. The molecule has 1 aliphatic rings. The lowest BCUT2D eigenvalue weighted by molar-refractivity contribution is 0.178. The van der Waals surface area contributed by atoms with Crippen LogP contribution in [0.1, 0.15) is 18.7 Å². The Hall–Kier alpha value is -0.720. The number of anilines is 1. The van der Waals surface area contributed by atoms with Crippen LogP contribution in [0.5, 0.6) is 0 Å². The molecule has 0 unspecified atom stereocenters. The normalized spacial score (nSPS) is 23.9. The lowest BCUT2D eigenvalue weighted by atomic mass is 10.1. The summed E-state index contributed by atoms with van der Waals surface area (Å²) in [5.41, 5.74) is 0. The van der Waals surface area contributed by atoms with Crippen LogP contribution in [0.4, 0.5) is 5.82 Å². The molecule has 0 atom stereocenters. The molecule has 1 aromatic rings. The summed E-state index contributed by atoms with van der Waals surface area (Å²) in [6, 6.07) is 2.01. The van der Waals surface area contributed by atoms with E-state index in [-0.39, 0.29) is 0 Å². The summed E-state index contributed by atoms with van der Waals surface area (Å²) < 4.78 is 16.3. The highest BCUT2D eigenvalue weighted by Crippen LogP contribution is 2.17. The minimum atomic E-state index is -0.650. The Bertz CT molecular complexity index is 434. The van der Waals surface area contributed by atoms with Gasteiger partial charge in [0.2, 0.25) is 0 Å². The van der Waals surface area contributed by atoms with Crippen molar-refractivity contribution in [3.05, 3.63) is 17.0 Å². The molecule has 18 heavy (non-hydrogen) atoms. The van der Waals surface area contributed by atoms with Crippen LogP contribution < -0.4 is 5.32 Å². The molecule has 7 heteroatoms. The summed E-state index contributed by atoms with van der Waals surface area (Å²) in [5, 5.41) is 3.72. The molecule has 1 aromatic heterocycles. The van der Waals surface area contributed by atoms with E-state index in [0.717, 1.165) is 24.3 Å². The number of methoxy groups -OCH3 is 1. The van der Waals surface area contributed by atoms with Crippen LogP contribution in [0.2, 0.25) is 5.15 Å². The molecule has 0 saturated carbocycles. The number of hydrogen-bond donors (Lipinski definition) is 1. The van der Waals surface area contributed by atoms with Gasteiger partial charge in [0.05, 0.1) is 0 Å².